The van der Waals surface area contributed by atoms with Crippen molar-refractivity contribution in [3.63, 3.8) is 0 Å². The Bertz CT molecular complexity index is 1610. The van der Waals surface area contributed by atoms with E-state index in [-0.39, 0.29) is 5.78 Å². The number of methoxy groups -OCH3 is 1. The van der Waals surface area contributed by atoms with E-state index in [0.29, 0.717) is 39.8 Å². The van der Waals surface area contributed by atoms with Gasteiger partial charge in [0.15, 0.2) is 0 Å². The molecule has 5 rings (SSSR count). The highest BCUT2D eigenvalue weighted by Crippen LogP contribution is 2.45. The minimum atomic E-state index is -3.44. The number of aryl methyl sites for hydroxylation is 2. The number of sulfonamides is 1. The molecule has 8 nitrogen and oxygen atoms in total. The standard InChI is InChI=1S/C25H22N4O4S/c1-13-11-14(2)26-24-20(13)23-21(25(24)30)22(16-7-5-6-8-17(16)27-23)28-18-10-9-15(12-19(18)33-3)29-34(4,31)32/h5-12,29H,1-4H3,(H,27,28). The molecule has 0 saturated carbocycles. The van der Waals surface area contributed by atoms with Crippen LogP contribution in [0.5, 0.6) is 5.75 Å². The van der Waals surface area contributed by atoms with Gasteiger partial charge in [-0.15, -0.1) is 0 Å². The number of carbonyl (C=O) groups is 1. The van der Waals surface area contributed by atoms with E-state index < -0.39 is 10.0 Å². The first-order valence-corrected chi connectivity index (χ1v) is 12.4. The molecule has 0 atom stereocenters. The maximum Gasteiger partial charge on any atom is 0.229 e. The van der Waals surface area contributed by atoms with Crippen LogP contribution in [0.1, 0.15) is 27.3 Å². The Labute approximate surface area is 197 Å². The zero-order valence-electron chi connectivity index (χ0n) is 19.1. The van der Waals surface area contributed by atoms with Gasteiger partial charge in [0.1, 0.15) is 11.4 Å². The van der Waals surface area contributed by atoms with E-state index in [4.69, 9.17) is 9.72 Å². The van der Waals surface area contributed by atoms with Gasteiger partial charge in [-0.05, 0) is 43.7 Å². The smallest absolute Gasteiger partial charge is 0.229 e. The molecule has 0 unspecified atom stereocenters. The number of fused-ring (bicyclic) bond motifs is 4. The van der Waals surface area contributed by atoms with Crippen molar-refractivity contribution in [1.29, 1.82) is 0 Å². The van der Waals surface area contributed by atoms with Crippen molar-refractivity contribution in [3.8, 4) is 17.0 Å². The molecule has 1 aliphatic carbocycles. The number of rotatable bonds is 5. The van der Waals surface area contributed by atoms with Gasteiger partial charge in [-0.2, -0.15) is 0 Å². The lowest BCUT2D eigenvalue weighted by atomic mass is 10.0. The summed E-state index contributed by atoms with van der Waals surface area (Å²) in [6.07, 6.45) is 1.08. The van der Waals surface area contributed by atoms with E-state index in [1.165, 1.54) is 7.11 Å². The molecular formula is C25H22N4O4S. The van der Waals surface area contributed by atoms with Crippen LogP contribution in [0.3, 0.4) is 0 Å². The quantitative estimate of drug-likeness (QED) is 0.384. The molecule has 34 heavy (non-hydrogen) atoms. The SMILES string of the molecule is COc1cc(NS(C)(=O)=O)ccc1Nc1c2c(nc3ccccc13)-c1c(C)cc(C)nc1C2=O. The third-order valence-corrected chi connectivity index (χ3v) is 6.29. The van der Waals surface area contributed by atoms with Gasteiger partial charge in [0, 0.05) is 22.7 Å². The molecule has 9 heteroatoms. The molecule has 4 aromatic rings. The fourth-order valence-corrected chi connectivity index (χ4v) is 4.92. The van der Waals surface area contributed by atoms with Crippen molar-refractivity contribution in [2.45, 2.75) is 13.8 Å². The number of hydrogen-bond acceptors (Lipinski definition) is 7. The van der Waals surface area contributed by atoms with Crippen LogP contribution in [0.4, 0.5) is 17.1 Å². The number of anilines is 3. The van der Waals surface area contributed by atoms with Crippen LogP contribution >= 0.6 is 0 Å². The van der Waals surface area contributed by atoms with Gasteiger partial charge in [0.2, 0.25) is 15.8 Å². The molecule has 1 aliphatic rings. The summed E-state index contributed by atoms with van der Waals surface area (Å²) >= 11 is 0. The van der Waals surface area contributed by atoms with Crippen LogP contribution in [0.15, 0.2) is 48.5 Å². The van der Waals surface area contributed by atoms with Crippen LogP contribution in [0.2, 0.25) is 0 Å². The minimum absolute atomic E-state index is 0.188. The number of nitrogens with zero attached hydrogens (tertiary/aromatic N) is 2. The Morgan fingerprint density at radius 2 is 1.71 bits per heavy atom. The molecule has 2 N–H and O–H groups in total. The van der Waals surface area contributed by atoms with Crippen LogP contribution in [-0.4, -0.2) is 37.5 Å². The van der Waals surface area contributed by atoms with E-state index in [2.05, 4.69) is 15.0 Å². The number of benzene rings is 2. The Kier molecular flexibility index (Phi) is 5.02. The number of aromatic nitrogens is 2. The lowest BCUT2D eigenvalue weighted by Crippen LogP contribution is -2.10. The summed E-state index contributed by atoms with van der Waals surface area (Å²) in [5.74, 6) is 0.225. The molecule has 0 saturated heterocycles. The first-order chi connectivity index (χ1) is 16.2. The second-order valence-corrected chi connectivity index (χ2v) is 10.0. The Morgan fingerprint density at radius 1 is 0.941 bits per heavy atom. The van der Waals surface area contributed by atoms with E-state index >= 15 is 0 Å². The summed E-state index contributed by atoms with van der Waals surface area (Å²) in [6, 6.07) is 14.4. The van der Waals surface area contributed by atoms with E-state index in [9.17, 15) is 13.2 Å². The molecule has 0 amide bonds. The number of para-hydroxylation sites is 1. The topological polar surface area (TPSA) is 110 Å². The summed E-state index contributed by atoms with van der Waals surface area (Å²) < 4.78 is 31.2. The summed E-state index contributed by atoms with van der Waals surface area (Å²) in [6.45, 7) is 3.82. The van der Waals surface area contributed by atoms with E-state index in [0.717, 1.165) is 34.0 Å². The second kappa shape index (κ2) is 7.81. The van der Waals surface area contributed by atoms with Crippen molar-refractivity contribution < 1.29 is 17.9 Å². The third-order valence-electron chi connectivity index (χ3n) is 5.68. The van der Waals surface area contributed by atoms with Crippen LogP contribution < -0.4 is 14.8 Å². The predicted octanol–water partition coefficient (Wildman–Crippen LogP) is 4.58. The number of ether oxygens (including phenoxy) is 1. The molecule has 0 radical (unpaired) electrons. The van der Waals surface area contributed by atoms with Crippen molar-refractivity contribution in [2.75, 3.05) is 23.4 Å². The van der Waals surface area contributed by atoms with Crippen molar-refractivity contribution in [3.05, 3.63) is 71.0 Å². The fourth-order valence-electron chi connectivity index (χ4n) is 4.37. The first-order valence-electron chi connectivity index (χ1n) is 10.5. The summed E-state index contributed by atoms with van der Waals surface area (Å²) in [5.41, 5.74) is 6.19. The molecule has 2 aromatic carbocycles. The average Bonchev–Trinajstić information content (AvgIpc) is 3.05. The lowest BCUT2D eigenvalue weighted by molar-refractivity contribution is 0.103. The highest BCUT2D eigenvalue weighted by atomic mass is 32.2. The molecule has 2 aromatic heterocycles. The lowest BCUT2D eigenvalue weighted by Gasteiger charge is -2.17. The molecule has 0 bridgehead atoms. The number of nitrogens with one attached hydrogen (secondary N) is 2. The van der Waals surface area contributed by atoms with Gasteiger partial charge >= 0.3 is 0 Å². The highest BCUT2D eigenvalue weighted by Gasteiger charge is 2.35. The van der Waals surface area contributed by atoms with E-state index in [1.807, 2.05) is 44.2 Å². The van der Waals surface area contributed by atoms with Gasteiger partial charge in [-0.25, -0.2) is 18.4 Å². The van der Waals surface area contributed by atoms with Gasteiger partial charge in [0.25, 0.3) is 0 Å². The summed E-state index contributed by atoms with van der Waals surface area (Å²) in [4.78, 5) is 22.9. The van der Waals surface area contributed by atoms with Gasteiger partial charge in [-0.3, -0.25) is 9.52 Å². The predicted molar refractivity (Wildman–Crippen MR) is 133 cm³/mol. The first kappa shape index (κ1) is 21.8. The maximum atomic E-state index is 13.6. The van der Waals surface area contributed by atoms with Crippen LogP contribution in [0.25, 0.3) is 22.2 Å². The molecule has 0 aliphatic heterocycles. The van der Waals surface area contributed by atoms with Crippen molar-refractivity contribution in [1.82, 2.24) is 9.97 Å². The zero-order valence-corrected chi connectivity index (χ0v) is 19.9. The second-order valence-electron chi connectivity index (χ2n) is 8.28. The number of carbonyl (C=O) groups excluding carboxylic acids is 1. The Morgan fingerprint density at radius 3 is 2.44 bits per heavy atom. The zero-order chi connectivity index (χ0) is 24.2. The fraction of sp³-hybridized carbons (Fsp3) is 0.160. The molecule has 0 fully saturated rings. The number of ketones is 1. The van der Waals surface area contributed by atoms with E-state index in [1.54, 1.807) is 18.2 Å². The van der Waals surface area contributed by atoms with Crippen molar-refractivity contribution in [2.24, 2.45) is 0 Å². The average molecular weight is 475 g/mol. The third kappa shape index (κ3) is 3.63. The van der Waals surface area contributed by atoms with Gasteiger partial charge in [0.05, 0.1) is 47.2 Å². The Hall–Kier alpha value is -3.98. The van der Waals surface area contributed by atoms with Crippen LogP contribution in [0, 0.1) is 13.8 Å². The summed E-state index contributed by atoms with van der Waals surface area (Å²) in [7, 11) is -1.95. The number of hydrogen-bond donors (Lipinski definition) is 2. The minimum Gasteiger partial charge on any atom is -0.494 e. The summed E-state index contributed by atoms with van der Waals surface area (Å²) in [5, 5.41) is 4.14. The van der Waals surface area contributed by atoms with Crippen molar-refractivity contribution >= 4 is 43.8 Å². The highest BCUT2D eigenvalue weighted by molar-refractivity contribution is 7.92. The monoisotopic (exact) mass is 474 g/mol. The molecule has 2 heterocycles. The molecular weight excluding hydrogens is 452 g/mol. The van der Waals surface area contributed by atoms with Gasteiger partial charge in [-0.1, -0.05) is 18.2 Å². The maximum absolute atomic E-state index is 13.6. The normalized spacial score (nSPS) is 12.4. The number of pyridine rings is 2. The molecule has 0 spiro atoms. The van der Waals surface area contributed by atoms with Gasteiger partial charge < -0.3 is 10.1 Å². The largest absolute Gasteiger partial charge is 0.494 e. The Balaban J connectivity index is 1.71. The van der Waals surface area contributed by atoms with Crippen LogP contribution in [-0.2, 0) is 10.0 Å². The molecule has 172 valence electrons.